The fourth-order valence-corrected chi connectivity index (χ4v) is 3.13. The number of nitro benzene ring substituents is 1. The van der Waals surface area contributed by atoms with Gasteiger partial charge in [-0.05, 0) is 23.3 Å². The van der Waals surface area contributed by atoms with Crippen LogP contribution in [0.5, 0.6) is 0 Å². The van der Waals surface area contributed by atoms with Crippen LogP contribution in [0.2, 0.25) is 0 Å². The molecule has 0 aromatic heterocycles. The van der Waals surface area contributed by atoms with Crippen molar-refractivity contribution >= 4 is 34.7 Å². The Hall–Kier alpha value is -3.51. The summed E-state index contributed by atoms with van der Waals surface area (Å²) in [6.45, 7) is 0. The number of carbonyl (C=O) groups is 2. The number of anilines is 1. The third-order valence-corrected chi connectivity index (χ3v) is 4.76. The van der Waals surface area contributed by atoms with Crippen molar-refractivity contribution in [3.05, 3.63) is 94.0 Å². The molecule has 7 heteroatoms. The van der Waals surface area contributed by atoms with Gasteiger partial charge in [0.05, 0.1) is 10.6 Å². The number of alkyl halides is 1. The van der Waals surface area contributed by atoms with Crippen LogP contribution in [0.15, 0.2) is 72.8 Å². The minimum absolute atomic E-state index is 0.00331. The fraction of sp³-hybridized carbons (Fsp3) is 0.0909. The van der Waals surface area contributed by atoms with Crippen molar-refractivity contribution in [1.29, 1.82) is 0 Å². The number of nitro groups is 1. The fourth-order valence-electron chi connectivity index (χ4n) is 2.95. The lowest BCUT2D eigenvalue weighted by Gasteiger charge is -2.19. The van der Waals surface area contributed by atoms with Crippen molar-refractivity contribution < 1.29 is 14.5 Å². The van der Waals surface area contributed by atoms with Gasteiger partial charge in [0.2, 0.25) is 5.91 Å². The minimum Gasteiger partial charge on any atom is -0.314 e. The van der Waals surface area contributed by atoms with Gasteiger partial charge in [-0.2, -0.15) is 0 Å². The molecule has 0 fully saturated rings. The molecule has 3 aromatic rings. The predicted octanol–water partition coefficient (Wildman–Crippen LogP) is 4.69. The molecule has 0 saturated carbocycles. The summed E-state index contributed by atoms with van der Waals surface area (Å²) in [7, 11) is 1.57. The SMILES string of the molecule is CN(C(=O)CCl)c1ccccc1C(=O)c1ccc(-c2cccc([N+](=O)[O-])c2)cc1. The molecule has 146 valence electrons. The Labute approximate surface area is 172 Å². The van der Waals surface area contributed by atoms with Gasteiger partial charge in [0.15, 0.2) is 5.78 Å². The van der Waals surface area contributed by atoms with Crippen molar-refractivity contribution in [1.82, 2.24) is 0 Å². The van der Waals surface area contributed by atoms with Crippen LogP contribution in [-0.4, -0.2) is 29.5 Å². The van der Waals surface area contributed by atoms with E-state index >= 15 is 0 Å². The first-order valence-corrected chi connectivity index (χ1v) is 9.27. The summed E-state index contributed by atoms with van der Waals surface area (Å²) in [6, 6.07) is 19.9. The van der Waals surface area contributed by atoms with Crippen molar-refractivity contribution in [2.45, 2.75) is 0 Å². The van der Waals surface area contributed by atoms with Crippen molar-refractivity contribution in [2.24, 2.45) is 0 Å². The van der Waals surface area contributed by atoms with Crippen LogP contribution in [-0.2, 0) is 4.79 Å². The molecule has 0 radical (unpaired) electrons. The summed E-state index contributed by atoms with van der Waals surface area (Å²) < 4.78 is 0. The van der Waals surface area contributed by atoms with Crippen molar-refractivity contribution in [3.63, 3.8) is 0 Å². The van der Waals surface area contributed by atoms with E-state index in [1.807, 2.05) is 0 Å². The Morgan fingerprint density at radius 3 is 2.31 bits per heavy atom. The molecule has 0 heterocycles. The maximum Gasteiger partial charge on any atom is 0.270 e. The Kier molecular flexibility index (Phi) is 6.04. The summed E-state index contributed by atoms with van der Waals surface area (Å²) in [5.41, 5.74) is 2.75. The Bertz CT molecular complexity index is 1080. The van der Waals surface area contributed by atoms with Gasteiger partial charge >= 0.3 is 0 Å². The molecule has 0 saturated heterocycles. The van der Waals surface area contributed by atoms with Crippen molar-refractivity contribution in [3.8, 4) is 11.1 Å². The van der Waals surface area contributed by atoms with Gasteiger partial charge in [0.1, 0.15) is 5.88 Å². The lowest BCUT2D eigenvalue weighted by molar-refractivity contribution is -0.384. The van der Waals surface area contributed by atoms with E-state index in [1.165, 1.54) is 17.0 Å². The molecular formula is C22H17ClN2O4. The van der Waals surface area contributed by atoms with Crippen LogP contribution >= 0.6 is 11.6 Å². The molecule has 29 heavy (non-hydrogen) atoms. The van der Waals surface area contributed by atoms with Gasteiger partial charge in [0.25, 0.3) is 5.69 Å². The van der Waals surface area contributed by atoms with E-state index in [0.29, 0.717) is 22.4 Å². The number of halogens is 1. The van der Waals surface area contributed by atoms with Crippen LogP contribution in [0.25, 0.3) is 11.1 Å². The zero-order valence-electron chi connectivity index (χ0n) is 15.5. The largest absolute Gasteiger partial charge is 0.314 e. The number of hydrogen-bond acceptors (Lipinski definition) is 4. The Morgan fingerprint density at radius 1 is 0.966 bits per heavy atom. The van der Waals surface area contributed by atoms with Gasteiger partial charge < -0.3 is 4.90 Å². The highest BCUT2D eigenvalue weighted by atomic mass is 35.5. The first kappa shape index (κ1) is 20.2. The molecule has 1 amide bonds. The van der Waals surface area contributed by atoms with E-state index in [4.69, 9.17) is 11.6 Å². The highest BCUT2D eigenvalue weighted by molar-refractivity contribution is 6.29. The summed E-state index contributed by atoms with van der Waals surface area (Å²) in [5, 5.41) is 11.0. The number of amides is 1. The average Bonchev–Trinajstić information content (AvgIpc) is 2.77. The molecule has 0 aliphatic rings. The van der Waals surface area contributed by atoms with Crippen LogP contribution < -0.4 is 4.90 Å². The van der Waals surface area contributed by atoms with Gasteiger partial charge in [-0.25, -0.2) is 0 Å². The minimum atomic E-state index is -0.447. The second-order valence-electron chi connectivity index (χ2n) is 6.32. The summed E-state index contributed by atoms with van der Waals surface area (Å²) in [4.78, 5) is 36.8. The van der Waals surface area contributed by atoms with Gasteiger partial charge in [-0.3, -0.25) is 19.7 Å². The topological polar surface area (TPSA) is 80.5 Å². The Balaban J connectivity index is 1.92. The molecule has 0 aliphatic heterocycles. The third-order valence-electron chi connectivity index (χ3n) is 4.54. The molecular weight excluding hydrogens is 392 g/mol. The summed E-state index contributed by atoms with van der Waals surface area (Å²) >= 11 is 5.63. The number of nitrogens with zero attached hydrogens (tertiary/aromatic N) is 2. The highest BCUT2D eigenvalue weighted by Gasteiger charge is 2.19. The van der Waals surface area contributed by atoms with Crippen LogP contribution in [0.1, 0.15) is 15.9 Å². The van der Waals surface area contributed by atoms with E-state index in [2.05, 4.69) is 0 Å². The standard InChI is InChI=1S/C22H17ClN2O4/c1-24(21(26)14-23)20-8-3-2-7-19(20)22(27)16-11-9-15(10-12-16)17-5-4-6-18(13-17)25(28)29/h2-13H,14H2,1H3. The first-order chi connectivity index (χ1) is 13.9. The van der Waals surface area contributed by atoms with Crippen LogP contribution in [0.4, 0.5) is 11.4 Å². The van der Waals surface area contributed by atoms with E-state index in [0.717, 1.165) is 5.56 Å². The number of rotatable bonds is 6. The van der Waals surface area contributed by atoms with Crippen LogP contribution in [0, 0.1) is 10.1 Å². The number of carbonyl (C=O) groups excluding carboxylic acids is 2. The van der Waals surface area contributed by atoms with E-state index in [-0.39, 0.29) is 23.3 Å². The normalized spacial score (nSPS) is 10.4. The summed E-state index contributed by atoms with van der Waals surface area (Å²) in [6.07, 6.45) is 0. The Morgan fingerprint density at radius 2 is 1.66 bits per heavy atom. The molecule has 0 bridgehead atoms. The molecule has 0 spiro atoms. The van der Waals surface area contributed by atoms with Crippen molar-refractivity contribution in [2.75, 3.05) is 17.8 Å². The monoisotopic (exact) mass is 408 g/mol. The highest BCUT2D eigenvalue weighted by Crippen LogP contribution is 2.26. The van der Waals surface area contributed by atoms with E-state index in [1.54, 1.807) is 67.7 Å². The number of ketones is 1. The molecule has 6 nitrogen and oxygen atoms in total. The molecule has 3 aromatic carbocycles. The maximum atomic E-state index is 13.0. The smallest absolute Gasteiger partial charge is 0.270 e. The molecule has 0 unspecified atom stereocenters. The number of para-hydroxylation sites is 1. The zero-order valence-corrected chi connectivity index (χ0v) is 16.3. The third kappa shape index (κ3) is 4.33. The molecule has 0 N–H and O–H groups in total. The van der Waals surface area contributed by atoms with Crippen LogP contribution in [0.3, 0.4) is 0 Å². The average molecular weight is 409 g/mol. The second kappa shape index (κ2) is 8.67. The second-order valence-corrected chi connectivity index (χ2v) is 6.58. The number of hydrogen-bond donors (Lipinski definition) is 0. The van der Waals surface area contributed by atoms with E-state index in [9.17, 15) is 19.7 Å². The first-order valence-electron chi connectivity index (χ1n) is 8.73. The summed E-state index contributed by atoms with van der Waals surface area (Å²) in [5.74, 6) is -0.731. The maximum absolute atomic E-state index is 13.0. The quantitative estimate of drug-likeness (QED) is 0.256. The lowest BCUT2D eigenvalue weighted by Crippen LogP contribution is -2.28. The predicted molar refractivity (Wildman–Crippen MR) is 113 cm³/mol. The lowest BCUT2D eigenvalue weighted by atomic mass is 9.98. The molecule has 3 rings (SSSR count). The zero-order chi connectivity index (χ0) is 21.0. The van der Waals surface area contributed by atoms with Gasteiger partial charge in [0, 0.05) is 30.3 Å². The molecule has 0 atom stereocenters. The van der Waals surface area contributed by atoms with Gasteiger partial charge in [-0.1, -0.05) is 48.5 Å². The number of non-ortho nitro benzene ring substituents is 1. The molecule has 0 aliphatic carbocycles. The van der Waals surface area contributed by atoms with Gasteiger partial charge in [-0.15, -0.1) is 11.6 Å². The number of benzene rings is 3. The van der Waals surface area contributed by atoms with E-state index < -0.39 is 4.92 Å².